The Kier molecular flexibility index (Phi) is 7.03. The molecular weight excluding hydrogens is 440 g/mol. The first-order chi connectivity index (χ1) is 16.0. The molecular formula is C25H26N2O5S. The number of nitrogens with zero attached hydrogens (tertiary/aromatic N) is 2. The van der Waals surface area contributed by atoms with Crippen LogP contribution in [0.3, 0.4) is 0 Å². The lowest BCUT2D eigenvalue weighted by Crippen LogP contribution is -2.40. The summed E-state index contributed by atoms with van der Waals surface area (Å²) in [6, 6.07) is 11.5. The van der Waals surface area contributed by atoms with Crippen molar-refractivity contribution in [1.29, 1.82) is 0 Å². The predicted octanol–water partition coefficient (Wildman–Crippen LogP) is 5.43. The molecule has 2 N–H and O–H groups in total. The molecule has 0 aromatic heterocycles. The van der Waals surface area contributed by atoms with E-state index in [1.165, 1.54) is 23.9 Å². The van der Waals surface area contributed by atoms with Crippen LogP contribution < -0.4 is 4.74 Å². The Morgan fingerprint density at radius 1 is 1.21 bits per heavy atom. The maximum atomic E-state index is 13.4. The van der Waals surface area contributed by atoms with Crippen molar-refractivity contribution in [2.24, 2.45) is 4.99 Å². The normalized spacial score (nSPS) is 19.4. The molecule has 2 aromatic carbocycles. The molecule has 8 heteroatoms. The zero-order valence-electron chi connectivity index (χ0n) is 18.4. The second-order valence-corrected chi connectivity index (χ2v) is 9.00. The fourth-order valence-electron chi connectivity index (χ4n) is 4.09. The molecule has 0 spiro atoms. The Labute approximate surface area is 196 Å². The summed E-state index contributed by atoms with van der Waals surface area (Å²) in [5.74, 6) is -0.708. The minimum absolute atomic E-state index is 0.0498. The van der Waals surface area contributed by atoms with Gasteiger partial charge in [-0.15, -0.1) is 0 Å². The first kappa shape index (κ1) is 22.9. The molecule has 0 atom stereocenters. The van der Waals surface area contributed by atoms with Gasteiger partial charge in [0.25, 0.3) is 5.91 Å². The third-order valence-electron chi connectivity index (χ3n) is 5.68. The van der Waals surface area contributed by atoms with Gasteiger partial charge in [-0.2, -0.15) is 0 Å². The average molecular weight is 467 g/mol. The van der Waals surface area contributed by atoms with Gasteiger partial charge in [0.15, 0.2) is 16.7 Å². The molecule has 0 unspecified atom stereocenters. The summed E-state index contributed by atoms with van der Waals surface area (Å²) in [6.07, 6.45) is 6.91. The molecule has 1 amide bonds. The molecule has 1 saturated carbocycles. The second-order valence-electron chi connectivity index (χ2n) is 7.99. The van der Waals surface area contributed by atoms with Gasteiger partial charge in [-0.05, 0) is 73.5 Å². The van der Waals surface area contributed by atoms with Gasteiger partial charge in [-0.1, -0.05) is 31.4 Å². The maximum Gasteiger partial charge on any atom is 0.335 e. The minimum Gasteiger partial charge on any atom is -0.504 e. The Hall–Kier alpha value is -3.26. The number of benzene rings is 2. The van der Waals surface area contributed by atoms with Crippen molar-refractivity contribution in [1.82, 2.24) is 4.90 Å². The number of thioether (sulfide) groups is 1. The SMILES string of the molecule is CCOc1cc(/C=C2\SC(=Nc3cccc(C(=O)O)c3)N(C3CCCCC3)C2=O)ccc1O. The van der Waals surface area contributed by atoms with Gasteiger partial charge in [0.05, 0.1) is 22.8 Å². The number of rotatable bonds is 6. The monoisotopic (exact) mass is 466 g/mol. The number of phenolic OH excluding ortho intramolecular Hbond substituents is 1. The molecule has 4 rings (SSSR count). The van der Waals surface area contributed by atoms with E-state index in [0.29, 0.717) is 28.1 Å². The first-order valence-electron chi connectivity index (χ1n) is 11.1. The molecule has 0 radical (unpaired) electrons. The molecule has 1 aliphatic carbocycles. The predicted molar refractivity (Wildman–Crippen MR) is 129 cm³/mol. The number of aliphatic imine (C=N–C) groups is 1. The molecule has 1 aliphatic heterocycles. The van der Waals surface area contributed by atoms with Crippen LogP contribution in [-0.2, 0) is 4.79 Å². The van der Waals surface area contributed by atoms with E-state index < -0.39 is 5.97 Å². The number of hydrogen-bond acceptors (Lipinski definition) is 6. The van der Waals surface area contributed by atoms with Crippen molar-refractivity contribution >= 4 is 40.6 Å². The lowest BCUT2D eigenvalue weighted by molar-refractivity contribution is -0.124. The van der Waals surface area contributed by atoms with Crippen LogP contribution in [0.1, 0.15) is 54.9 Å². The van der Waals surface area contributed by atoms with Gasteiger partial charge < -0.3 is 14.9 Å². The summed E-state index contributed by atoms with van der Waals surface area (Å²) in [5, 5.41) is 19.8. The van der Waals surface area contributed by atoms with Crippen molar-refractivity contribution in [3.63, 3.8) is 0 Å². The third kappa shape index (κ3) is 5.22. The number of ether oxygens (including phenoxy) is 1. The van der Waals surface area contributed by atoms with E-state index in [1.54, 1.807) is 41.3 Å². The van der Waals surface area contributed by atoms with Crippen LogP contribution in [0, 0.1) is 0 Å². The number of carboxylic acids is 1. The summed E-state index contributed by atoms with van der Waals surface area (Å²) in [7, 11) is 0. The van der Waals surface area contributed by atoms with Gasteiger partial charge in [0.2, 0.25) is 0 Å². The van der Waals surface area contributed by atoms with Gasteiger partial charge in [-0.3, -0.25) is 9.69 Å². The van der Waals surface area contributed by atoms with Crippen molar-refractivity contribution in [3.8, 4) is 11.5 Å². The highest BCUT2D eigenvalue weighted by Gasteiger charge is 2.38. The highest BCUT2D eigenvalue weighted by atomic mass is 32.2. The largest absolute Gasteiger partial charge is 0.504 e. The molecule has 1 saturated heterocycles. The van der Waals surface area contributed by atoms with Crippen LogP contribution in [0.2, 0.25) is 0 Å². The zero-order chi connectivity index (χ0) is 23.4. The molecule has 33 heavy (non-hydrogen) atoms. The average Bonchev–Trinajstić information content (AvgIpc) is 3.11. The summed E-state index contributed by atoms with van der Waals surface area (Å²) < 4.78 is 5.46. The summed E-state index contributed by atoms with van der Waals surface area (Å²) in [6.45, 7) is 2.26. The quantitative estimate of drug-likeness (QED) is 0.551. The topological polar surface area (TPSA) is 99.4 Å². The van der Waals surface area contributed by atoms with E-state index in [4.69, 9.17) is 4.74 Å². The highest BCUT2D eigenvalue weighted by Crippen LogP contribution is 2.39. The molecule has 172 valence electrons. The second kappa shape index (κ2) is 10.1. The maximum absolute atomic E-state index is 13.4. The summed E-state index contributed by atoms with van der Waals surface area (Å²) >= 11 is 1.28. The van der Waals surface area contributed by atoms with Crippen molar-refractivity contribution in [2.75, 3.05) is 6.61 Å². The van der Waals surface area contributed by atoms with E-state index in [9.17, 15) is 19.8 Å². The molecule has 7 nitrogen and oxygen atoms in total. The third-order valence-corrected chi connectivity index (χ3v) is 6.66. The van der Waals surface area contributed by atoms with Crippen molar-refractivity contribution in [2.45, 2.75) is 45.1 Å². The van der Waals surface area contributed by atoms with Crippen molar-refractivity contribution < 1.29 is 24.5 Å². The minimum atomic E-state index is -1.02. The zero-order valence-corrected chi connectivity index (χ0v) is 19.2. The Morgan fingerprint density at radius 2 is 2.00 bits per heavy atom. The van der Waals surface area contributed by atoms with E-state index in [-0.39, 0.29) is 23.3 Å². The molecule has 2 fully saturated rings. The van der Waals surface area contributed by atoms with Crippen molar-refractivity contribution in [3.05, 3.63) is 58.5 Å². The number of aromatic hydroxyl groups is 1. The lowest BCUT2D eigenvalue weighted by Gasteiger charge is -2.30. The van der Waals surface area contributed by atoms with Crippen LogP contribution >= 0.6 is 11.8 Å². The number of carboxylic acid groups (broad SMARTS) is 1. The number of hydrogen-bond donors (Lipinski definition) is 2. The fourth-order valence-corrected chi connectivity index (χ4v) is 5.15. The first-order valence-corrected chi connectivity index (χ1v) is 11.9. The van der Waals surface area contributed by atoms with Gasteiger partial charge in [0.1, 0.15) is 0 Å². The van der Waals surface area contributed by atoms with E-state index in [2.05, 4.69) is 4.99 Å². The standard InChI is InChI=1S/C25H26N2O5S/c1-2-32-21-13-16(11-12-20(21)28)14-22-23(29)27(19-9-4-3-5-10-19)25(33-22)26-18-8-6-7-17(15-18)24(30)31/h6-8,11-15,19,28H,2-5,9-10H2,1H3,(H,30,31)/b22-14-,26-25?. The van der Waals surface area contributed by atoms with Crippen LogP contribution in [0.25, 0.3) is 6.08 Å². The van der Waals surface area contributed by atoms with Gasteiger partial charge in [0, 0.05) is 6.04 Å². The highest BCUT2D eigenvalue weighted by molar-refractivity contribution is 8.18. The number of amides is 1. The van der Waals surface area contributed by atoms with E-state index in [1.807, 2.05) is 6.92 Å². The van der Waals surface area contributed by atoms with E-state index >= 15 is 0 Å². The molecule has 1 heterocycles. The Morgan fingerprint density at radius 3 is 2.73 bits per heavy atom. The van der Waals surface area contributed by atoms with E-state index in [0.717, 1.165) is 37.7 Å². The van der Waals surface area contributed by atoms with Crippen LogP contribution in [0.5, 0.6) is 11.5 Å². The molecule has 0 bridgehead atoms. The number of amidine groups is 1. The number of carbonyl (C=O) groups excluding carboxylic acids is 1. The number of aromatic carboxylic acids is 1. The van der Waals surface area contributed by atoms with Crippen LogP contribution in [-0.4, -0.2) is 44.8 Å². The molecule has 2 aromatic rings. The number of phenols is 1. The fraction of sp³-hybridized carbons (Fsp3) is 0.320. The summed E-state index contributed by atoms with van der Waals surface area (Å²) in [4.78, 5) is 31.8. The van der Waals surface area contributed by atoms with Gasteiger partial charge >= 0.3 is 5.97 Å². The van der Waals surface area contributed by atoms with Crippen LogP contribution in [0.15, 0.2) is 52.4 Å². The van der Waals surface area contributed by atoms with Gasteiger partial charge in [-0.25, -0.2) is 9.79 Å². The van der Waals surface area contributed by atoms with Crippen LogP contribution in [0.4, 0.5) is 5.69 Å². The lowest BCUT2D eigenvalue weighted by atomic mass is 9.94. The summed E-state index contributed by atoms with van der Waals surface area (Å²) in [5.41, 5.74) is 1.39. The Balaban J connectivity index is 1.70. The molecule has 2 aliphatic rings. The Bertz CT molecular complexity index is 1120. The smallest absolute Gasteiger partial charge is 0.335 e. The number of carbonyl (C=O) groups is 2.